The normalized spacial score (nSPS) is 10.3. The lowest BCUT2D eigenvalue weighted by Crippen LogP contribution is -2.33. The van der Waals surface area contributed by atoms with E-state index in [-0.39, 0.29) is 30.8 Å². The molecule has 0 radical (unpaired) electrons. The topological polar surface area (TPSA) is 128 Å². The maximum absolute atomic E-state index is 7.30. The summed E-state index contributed by atoms with van der Waals surface area (Å²) in [4.78, 5) is 9.07. The molecule has 0 amide bonds. The predicted octanol–water partition coefficient (Wildman–Crippen LogP) is 2.03. The van der Waals surface area contributed by atoms with Crippen molar-refractivity contribution in [3.05, 3.63) is 30.1 Å². The van der Waals surface area contributed by atoms with Gasteiger partial charge in [0.15, 0.2) is 11.8 Å². The van der Waals surface area contributed by atoms with E-state index < -0.39 is 0 Å². The first-order valence-corrected chi connectivity index (χ1v) is 7.80. The van der Waals surface area contributed by atoms with Crippen LogP contribution in [0, 0.1) is 5.41 Å². The number of para-hydroxylation sites is 1. The van der Waals surface area contributed by atoms with Crippen molar-refractivity contribution in [2.75, 3.05) is 18.9 Å². The highest BCUT2D eigenvalue weighted by molar-refractivity contribution is 6.06. The van der Waals surface area contributed by atoms with Crippen molar-refractivity contribution >= 4 is 58.5 Å². The quantitative estimate of drug-likeness (QED) is 0.370. The number of fused-ring (bicyclic) bond motifs is 3. The van der Waals surface area contributed by atoms with Crippen LogP contribution in [0.1, 0.15) is 12.7 Å². The molecule has 3 rings (SSSR count). The van der Waals surface area contributed by atoms with Gasteiger partial charge in [0.2, 0.25) is 0 Å². The van der Waals surface area contributed by atoms with Gasteiger partial charge in [-0.2, -0.15) is 0 Å². The average Bonchev–Trinajstić information content (AvgIpc) is 2.92. The number of ether oxygens (including phenoxy) is 1. The number of nitrogens with zero attached hydrogens (tertiary/aromatic N) is 3. The molecule has 0 bridgehead atoms. The molecule has 3 aromatic rings. The van der Waals surface area contributed by atoms with Gasteiger partial charge in [0.05, 0.1) is 11.0 Å². The number of hydrogen-bond acceptors (Lipinski definition) is 5. The number of rotatable bonds is 6. The average molecular weight is 400 g/mol. The number of pyridine rings is 1. The van der Waals surface area contributed by atoms with Crippen LogP contribution in [-0.2, 0) is 17.9 Å². The summed E-state index contributed by atoms with van der Waals surface area (Å²) in [6.45, 7) is 4.03. The molecule has 142 valence electrons. The predicted molar refractivity (Wildman–Crippen MR) is 109 cm³/mol. The van der Waals surface area contributed by atoms with Crippen LogP contribution in [0.2, 0.25) is 0 Å². The Labute approximate surface area is 163 Å². The number of imidazole rings is 1. The number of nitrogens with one attached hydrogen (secondary N) is 2. The van der Waals surface area contributed by atoms with Crippen molar-refractivity contribution in [3.8, 4) is 0 Å². The zero-order chi connectivity index (χ0) is 17.1. The van der Waals surface area contributed by atoms with E-state index in [1.54, 1.807) is 0 Å². The Morgan fingerprint density at radius 1 is 1.27 bits per heavy atom. The number of nitrogens with two attached hydrogens (primary N) is 2. The SMILES string of the molecule is CCOCc1nc2c(N)nc3ccccc3c2n1CCNC(=N)N.Cl.Cl. The van der Waals surface area contributed by atoms with Gasteiger partial charge in [-0.3, -0.25) is 5.41 Å². The Morgan fingerprint density at radius 2 is 2.00 bits per heavy atom. The zero-order valence-electron chi connectivity index (χ0n) is 14.4. The molecule has 0 saturated heterocycles. The van der Waals surface area contributed by atoms with Crippen molar-refractivity contribution in [1.82, 2.24) is 19.9 Å². The maximum atomic E-state index is 7.30. The number of halogens is 2. The van der Waals surface area contributed by atoms with Crippen LogP contribution in [0.5, 0.6) is 0 Å². The van der Waals surface area contributed by atoms with E-state index in [9.17, 15) is 0 Å². The second kappa shape index (κ2) is 9.42. The highest BCUT2D eigenvalue weighted by Crippen LogP contribution is 2.28. The lowest BCUT2D eigenvalue weighted by molar-refractivity contribution is 0.126. The number of nitrogen functional groups attached to an aromatic ring is 1. The summed E-state index contributed by atoms with van der Waals surface area (Å²) >= 11 is 0. The van der Waals surface area contributed by atoms with Crippen LogP contribution < -0.4 is 16.8 Å². The molecule has 26 heavy (non-hydrogen) atoms. The molecule has 0 aliphatic rings. The molecule has 0 fully saturated rings. The van der Waals surface area contributed by atoms with E-state index in [0.717, 1.165) is 22.2 Å². The lowest BCUT2D eigenvalue weighted by atomic mass is 10.2. The molecular formula is C16H23Cl2N7O. The molecule has 1 aromatic carbocycles. The lowest BCUT2D eigenvalue weighted by Gasteiger charge is -2.11. The van der Waals surface area contributed by atoms with Gasteiger partial charge in [-0.1, -0.05) is 18.2 Å². The van der Waals surface area contributed by atoms with Gasteiger partial charge in [0, 0.05) is 25.1 Å². The third kappa shape index (κ3) is 4.27. The summed E-state index contributed by atoms with van der Waals surface area (Å²) in [5, 5.41) is 11.1. The van der Waals surface area contributed by atoms with Gasteiger partial charge in [0.25, 0.3) is 0 Å². The van der Waals surface area contributed by atoms with Gasteiger partial charge in [0.1, 0.15) is 17.9 Å². The number of benzene rings is 1. The van der Waals surface area contributed by atoms with Gasteiger partial charge in [-0.05, 0) is 13.0 Å². The van der Waals surface area contributed by atoms with Gasteiger partial charge in [-0.25, -0.2) is 9.97 Å². The molecule has 0 atom stereocenters. The van der Waals surface area contributed by atoms with Crippen molar-refractivity contribution in [2.45, 2.75) is 20.1 Å². The molecule has 0 saturated carbocycles. The first kappa shape index (κ1) is 21.8. The van der Waals surface area contributed by atoms with Gasteiger partial charge in [-0.15, -0.1) is 24.8 Å². The number of aromatic nitrogens is 3. The number of hydrogen-bond donors (Lipinski definition) is 4. The molecule has 0 unspecified atom stereocenters. The minimum Gasteiger partial charge on any atom is -0.382 e. The van der Waals surface area contributed by atoms with E-state index in [1.165, 1.54) is 0 Å². The van der Waals surface area contributed by atoms with Gasteiger partial charge >= 0.3 is 0 Å². The largest absolute Gasteiger partial charge is 0.382 e. The maximum Gasteiger partial charge on any atom is 0.185 e. The van der Waals surface area contributed by atoms with Crippen LogP contribution in [-0.4, -0.2) is 33.6 Å². The fourth-order valence-corrected chi connectivity index (χ4v) is 2.75. The summed E-state index contributed by atoms with van der Waals surface area (Å²) in [6.07, 6.45) is 0. The second-order valence-corrected chi connectivity index (χ2v) is 5.37. The Balaban J connectivity index is 0.00000169. The summed E-state index contributed by atoms with van der Waals surface area (Å²) in [5.74, 6) is 1.12. The van der Waals surface area contributed by atoms with E-state index in [1.807, 2.05) is 31.2 Å². The minimum absolute atomic E-state index is 0. The van der Waals surface area contributed by atoms with Crippen molar-refractivity contribution < 1.29 is 4.74 Å². The van der Waals surface area contributed by atoms with Crippen molar-refractivity contribution in [1.29, 1.82) is 5.41 Å². The molecule has 10 heteroatoms. The Kier molecular flexibility index (Phi) is 7.88. The van der Waals surface area contributed by atoms with E-state index >= 15 is 0 Å². The summed E-state index contributed by atoms with van der Waals surface area (Å²) < 4.78 is 7.59. The number of anilines is 1. The second-order valence-electron chi connectivity index (χ2n) is 5.37. The molecule has 0 aliphatic heterocycles. The minimum atomic E-state index is -0.0585. The van der Waals surface area contributed by atoms with Crippen molar-refractivity contribution in [3.63, 3.8) is 0 Å². The highest BCUT2D eigenvalue weighted by Gasteiger charge is 2.17. The Bertz CT molecular complexity index is 897. The number of guanidine groups is 1. The first-order valence-electron chi connectivity index (χ1n) is 7.80. The summed E-state index contributed by atoms with van der Waals surface area (Å²) in [6, 6.07) is 7.83. The molecular weight excluding hydrogens is 377 g/mol. The van der Waals surface area contributed by atoms with Crippen LogP contribution >= 0.6 is 24.8 Å². The third-order valence-electron chi connectivity index (χ3n) is 3.78. The van der Waals surface area contributed by atoms with E-state index in [2.05, 4.69) is 19.9 Å². The first-order chi connectivity index (χ1) is 11.6. The smallest absolute Gasteiger partial charge is 0.185 e. The van der Waals surface area contributed by atoms with E-state index in [4.69, 9.17) is 21.6 Å². The molecule has 2 heterocycles. The molecule has 2 aromatic heterocycles. The zero-order valence-corrected chi connectivity index (χ0v) is 16.0. The Morgan fingerprint density at radius 3 is 2.69 bits per heavy atom. The fraction of sp³-hybridized carbons (Fsp3) is 0.312. The monoisotopic (exact) mass is 399 g/mol. The molecule has 8 nitrogen and oxygen atoms in total. The summed E-state index contributed by atoms with van der Waals surface area (Å²) in [5.41, 5.74) is 13.9. The molecule has 0 aliphatic carbocycles. The van der Waals surface area contributed by atoms with Gasteiger partial charge < -0.3 is 26.1 Å². The molecule has 6 N–H and O–H groups in total. The van der Waals surface area contributed by atoms with Crippen LogP contribution in [0.4, 0.5) is 5.82 Å². The van der Waals surface area contributed by atoms with Crippen LogP contribution in [0.25, 0.3) is 21.9 Å². The fourth-order valence-electron chi connectivity index (χ4n) is 2.75. The van der Waals surface area contributed by atoms with Crippen LogP contribution in [0.3, 0.4) is 0 Å². The van der Waals surface area contributed by atoms with E-state index in [0.29, 0.717) is 37.6 Å². The standard InChI is InChI=1S/C16H21N7O.2ClH/c1-2-24-9-12-22-13-14(23(12)8-7-20-16(18)19)10-5-3-4-6-11(10)21-15(13)17;;/h3-6H,2,7-9H2,1H3,(H2,17,21)(H4,18,19,20);2*1H. The summed E-state index contributed by atoms with van der Waals surface area (Å²) in [7, 11) is 0. The Hall–Kier alpha value is -2.29. The van der Waals surface area contributed by atoms with Crippen molar-refractivity contribution in [2.24, 2.45) is 5.73 Å². The molecule has 0 spiro atoms. The van der Waals surface area contributed by atoms with Crippen LogP contribution in [0.15, 0.2) is 24.3 Å². The highest BCUT2D eigenvalue weighted by atomic mass is 35.5. The third-order valence-corrected chi connectivity index (χ3v) is 3.78.